The van der Waals surface area contributed by atoms with Gasteiger partial charge in [0.05, 0.1) is 5.69 Å². The van der Waals surface area contributed by atoms with E-state index in [0.717, 1.165) is 20.7 Å². The third kappa shape index (κ3) is 2.06. The number of nitrogens with zero attached hydrogens (tertiary/aromatic N) is 3. The zero-order chi connectivity index (χ0) is 10.1. The SMILES string of the molecule is Cc1cc(Cn2nc(Br)cc2Br)on1. The Bertz CT molecular complexity index is 449. The molecule has 74 valence electrons. The zero-order valence-electron chi connectivity index (χ0n) is 7.37. The maximum absolute atomic E-state index is 5.09. The molecule has 0 radical (unpaired) electrons. The minimum Gasteiger partial charge on any atom is -0.359 e. The first-order valence-electron chi connectivity index (χ1n) is 3.96. The predicted molar refractivity (Wildman–Crippen MR) is 58.0 cm³/mol. The summed E-state index contributed by atoms with van der Waals surface area (Å²) >= 11 is 6.68. The third-order valence-electron chi connectivity index (χ3n) is 1.68. The molecule has 4 nitrogen and oxygen atoms in total. The molecule has 0 aliphatic carbocycles. The van der Waals surface area contributed by atoms with Crippen molar-refractivity contribution >= 4 is 31.9 Å². The van der Waals surface area contributed by atoms with Gasteiger partial charge in [-0.2, -0.15) is 5.10 Å². The van der Waals surface area contributed by atoms with Crippen molar-refractivity contribution in [1.82, 2.24) is 14.9 Å². The van der Waals surface area contributed by atoms with E-state index in [-0.39, 0.29) is 0 Å². The van der Waals surface area contributed by atoms with Crippen LogP contribution in [0.5, 0.6) is 0 Å². The first-order chi connectivity index (χ1) is 6.65. The van der Waals surface area contributed by atoms with Crippen LogP contribution in [0.3, 0.4) is 0 Å². The van der Waals surface area contributed by atoms with E-state index in [0.29, 0.717) is 6.54 Å². The Morgan fingerprint density at radius 3 is 2.71 bits per heavy atom. The minimum atomic E-state index is 0.576. The molecule has 0 N–H and O–H groups in total. The molecule has 2 heterocycles. The van der Waals surface area contributed by atoms with Crippen molar-refractivity contribution in [2.24, 2.45) is 0 Å². The van der Waals surface area contributed by atoms with Gasteiger partial charge >= 0.3 is 0 Å². The summed E-state index contributed by atoms with van der Waals surface area (Å²) in [6.07, 6.45) is 0. The third-order valence-corrected chi connectivity index (χ3v) is 2.71. The number of hydrogen-bond donors (Lipinski definition) is 0. The molecular formula is C8H7Br2N3O. The number of hydrogen-bond acceptors (Lipinski definition) is 3. The van der Waals surface area contributed by atoms with Crippen molar-refractivity contribution in [2.45, 2.75) is 13.5 Å². The number of aromatic nitrogens is 3. The van der Waals surface area contributed by atoms with Crippen LogP contribution in [0.15, 0.2) is 25.9 Å². The van der Waals surface area contributed by atoms with Crippen LogP contribution in [0.4, 0.5) is 0 Å². The molecule has 0 amide bonds. The Balaban J connectivity index is 2.22. The van der Waals surface area contributed by atoms with Gasteiger partial charge in [-0.15, -0.1) is 0 Å². The molecule has 0 spiro atoms. The van der Waals surface area contributed by atoms with Gasteiger partial charge in [-0.05, 0) is 38.8 Å². The molecule has 0 saturated carbocycles. The molecule has 0 bridgehead atoms. The number of rotatable bonds is 2. The van der Waals surface area contributed by atoms with E-state index in [1.54, 1.807) is 4.68 Å². The summed E-state index contributed by atoms with van der Waals surface area (Å²) in [5.74, 6) is 0.791. The average Bonchev–Trinajstić information content (AvgIpc) is 2.61. The Labute approximate surface area is 97.5 Å². The molecule has 0 atom stereocenters. The van der Waals surface area contributed by atoms with Crippen LogP contribution in [-0.4, -0.2) is 14.9 Å². The van der Waals surface area contributed by atoms with Gasteiger partial charge < -0.3 is 4.52 Å². The van der Waals surface area contributed by atoms with Crippen LogP contribution < -0.4 is 0 Å². The second-order valence-corrected chi connectivity index (χ2v) is 4.51. The van der Waals surface area contributed by atoms with Gasteiger partial charge in [0.25, 0.3) is 0 Å². The van der Waals surface area contributed by atoms with E-state index in [2.05, 4.69) is 42.1 Å². The summed E-state index contributed by atoms with van der Waals surface area (Å²) in [4.78, 5) is 0. The Morgan fingerprint density at radius 1 is 1.43 bits per heavy atom. The maximum atomic E-state index is 5.09. The smallest absolute Gasteiger partial charge is 0.158 e. The fourth-order valence-corrected chi connectivity index (χ4v) is 2.25. The van der Waals surface area contributed by atoms with Gasteiger partial charge in [-0.25, -0.2) is 4.68 Å². The fourth-order valence-electron chi connectivity index (χ4n) is 1.11. The van der Waals surface area contributed by atoms with Gasteiger partial charge in [-0.3, -0.25) is 0 Å². The predicted octanol–water partition coefficient (Wildman–Crippen LogP) is 2.75. The van der Waals surface area contributed by atoms with Crippen LogP contribution in [0.1, 0.15) is 11.5 Å². The van der Waals surface area contributed by atoms with Crippen molar-refractivity contribution in [3.63, 3.8) is 0 Å². The van der Waals surface area contributed by atoms with Crippen molar-refractivity contribution in [3.05, 3.63) is 32.8 Å². The molecule has 0 aromatic carbocycles. The summed E-state index contributed by atoms with van der Waals surface area (Å²) in [5, 5.41) is 8.02. The van der Waals surface area contributed by atoms with Gasteiger partial charge in [0.15, 0.2) is 5.76 Å². The van der Waals surface area contributed by atoms with Gasteiger partial charge in [0.2, 0.25) is 0 Å². The normalized spacial score (nSPS) is 10.8. The van der Waals surface area contributed by atoms with Crippen molar-refractivity contribution < 1.29 is 4.52 Å². The van der Waals surface area contributed by atoms with Gasteiger partial charge in [0.1, 0.15) is 15.8 Å². The van der Waals surface area contributed by atoms with E-state index in [9.17, 15) is 0 Å². The molecule has 0 saturated heterocycles. The quantitative estimate of drug-likeness (QED) is 0.854. The molecule has 2 aromatic rings. The molecule has 2 aromatic heterocycles. The van der Waals surface area contributed by atoms with Crippen LogP contribution >= 0.6 is 31.9 Å². The molecule has 2 rings (SSSR count). The molecule has 0 aliphatic rings. The molecule has 0 unspecified atom stereocenters. The lowest BCUT2D eigenvalue weighted by molar-refractivity contribution is 0.367. The number of halogens is 2. The van der Waals surface area contributed by atoms with Gasteiger partial charge in [0, 0.05) is 12.1 Å². The van der Waals surface area contributed by atoms with E-state index in [4.69, 9.17) is 4.52 Å². The molecular weight excluding hydrogens is 314 g/mol. The van der Waals surface area contributed by atoms with E-state index in [1.165, 1.54) is 0 Å². The first-order valence-corrected chi connectivity index (χ1v) is 5.55. The Kier molecular flexibility index (Phi) is 2.73. The van der Waals surface area contributed by atoms with Gasteiger partial charge in [-0.1, -0.05) is 5.16 Å². The lowest BCUT2D eigenvalue weighted by Crippen LogP contribution is -2.00. The zero-order valence-corrected chi connectivity index (χ0v) is 10.5. The highest BCUT2D eigenvalue weighted by atomic mass is 79.9. The second kappa shape index (κ2) is 3.86. The molecule has 14 heavy (non-hydrogen) atoms. The van der Waals surface area contributed by atoms with Crippen molar-refractivity contribution in [3.8, 4) is 0 Å². The fraction of sp³-hybridized carbons (Fsp3) is 0.250. The molecule has 0 aliphatic heterocycles. The summed E-state index contributed by atoms with van der Waals surface area (Å²) < 4.78 is 8.56. The molecule has 6 heteroatoms. The van der Waals surface area contributed by atoms with Crippen molar-refractivity contribution in [2.75, 3.05) is 0 Å². The van der Waals surface area contributed by atoms with E-state index < -0.39 is 0 Å². The summed E-state index contributed by atoms with van der Waals surface area (Å²) in [5.41, 5.74) is 0.877. The van der Waals surface area contributed by atoms with Crippen LogP contribution in [0.25, 0.3) is 0 Å². The monoisotopic (exact) mass is 319 g/mol. The Morgan fingerprint density at radius 2 is 2.21 bits per heavy atom. The molecule has 0 fully saturated rings. The standard InChI is InChI=1S/C8H7Br2N3O/c1-5-2-6(14-12-5)4-13-8(10)3-7(9)11-13/h2-3H,4H2,1H3. The lowest BCUT2D eigenvalue weighted by Gasteiger charge is -1.97. The summed E-state index contributed by atoms with van der Waals surface area (Å²) in [6, 6.07) is 3.77. The van der Waals surface area contributed by atoms with E-state index in [1.807, 2.05) is 19.1 Å². The highest BCUT2D eigenvalue weighted by Gasteiger charge is 2.07. The highest BCUT2D eigenvalue weighted by molar-refractivity contribution is 9.11. The maximum Gasteiger partial charge on any atom is 0.158 e. The Hall–Kier alpha value is -0.620. The second-order valence-electron chi connectivity index (χ2n) is 2.88. The topological polar surface area (TPSA) is 43.9 Å². The van der Waals surface area contributed by atoms with Crippen molar-refractivity contribution in [1.29, 1.82) is 0 Å². The average molecular weight is 321 g/mol. The van der Waals surface area contributed by atoms with Crippen LogP contribution in [-0.2, 0) is 6.54 Å². The summed E-state index contributed by atoms with van der Waals surface area (Å²) in [7, 11) is 0. The van der Waals surface area contributed by atoms with E-state index >= 15 is 0 Å². The largest absolute Gasteiger partial charge is 0.359 e. The minimum absolute atomic E-state index is 0.576. The van der Waals surface area contributed by atoms with Crippen LogP contribution in [0.2, 0.25) is 0 Å². The highest BCUT2D eigenvalue weighted by Crippen LogP contribution is 2.17. The first kappa shape index (κ1) is 9.92. The van der Waals surface area contributed by atoms with Crippen LogP contribution in [0, 0.1) is 6.92 Å². The number of aryl methyl sites for hydroxylation is 1. The lowest BCUT2D eigenvalue weighted by atomic mass is 10.4. The summed E-state index contributed by atoms with van der Waals surface area (Å²) in [6.45, 7) is 2.47.